The number of rotatable bonds is 4. The smallest absolute Gasteiger partial charge is 0.253 e. The van der Waals surface area contributed by atoms with Crippen molar-refractivity contribution >= 4 is 38.9 Å². The molecule has 1 saturated heterocycles. The van der Waals surface area contributed by atoms with Crippen LogP contribution >= 0.6 is 22.9 Å². The molecule has 1 aliphatic heterocycles. The molecule has 0 bridgehead atoms. The molecule has 0 aliphatic carbocycles. The molecule has 1 amide bonds. The first-order valence-corrected chi connectivity index (χ1v) is 10.7. The Balaban J connectivity index is 1.67. The summed E-state index contributed by atoms with van der Waals surface area (Å²) in [6, 6.07) is 10.3. The highest BCUT2D eigenvalue weighted by Gasteiger charge is 2.31. The quantitative estimate of drug-likeness (QED) is 0.795. The van der Waals surface area contributed by atoms with Gasteiger partial charge in [-0.25, -0.2) is 8.42 Å². The molecule has 1 aromatic carbocycles. The summed E-state index contributed by atoms with van der Waals surface area (Å²) in [6.45, 7) is 3.38. The topological polar surface area (TPSA) is 57.7 Å². The van der Waals surface area contributed by atoms with Gasteiger partial charge in [0.1, 0.15) is 4.21 Å². The lowest BCUT2D eigenvalue weighted by Gasteiger charge is -2.33. The maximum Gasteiger partial charge on any atom is 0.253 e. The average molecular weight is 399 g/mol. The summed E-state index contributed by atoms with van der Waals surface area (Å²) in [5, 5.41) is 0.579. The number of carbonyl (C=O) groups is 1. The fourth-order valence-corrected chi connectivity index (χ4v) is 5.72. The lowest BCUT2D eigenvalue weighted by molar-refractivity contribution is 0.0698. The second-order valence-corrected chi connectivity index (χ2v) is 9.55. The Bertz CT molecular complexity index is 854. The molecule has 5 nitrogen and oxygen atoms in total. The largest absolute Gasteiger partial charge is 0.336 e. The molecule has 1 aromatic heterocycles. The summed E-state index contributed by atoms with van der Waals surface area (Å²) in [7, 11) is -3.47. The third-order valence-electron chi connectivity index (χ3n) is 4.20. The standard InChI is InChI=1S/C17H19ClN2O3S2/c1-2-15-7-8-16(24-15)25(22,23)20-11-9-19(10-12-20)17(21)13-3-5-14(18)6-4-13/h3-8H,2,9-12H2,1H3. The van der Waals surface area contributed by atoms with E-state index in [1.807, 2.05) is 13.0 Å². The van der Waals surface area contributed by atoms with Crippen molar-refractivity contribution in [2.24, 2.45) is 0 Å². The molecule has 2 heterocycles. The average Bonchev–Trinajstić information content (AvgIpc) is 3.12. The highest BCUT2D eigenvalue weighted by molar-refractivity contribution is 7.91. The van der Waals surface area contributed by atoms with Crippen molar-refractivity contribution in [3.8, 4) is 0 Å². The predicted octanol–water partition coefficient (Wildman–Crippen LogP) is 3.11. The molecule has 0 N–H and O–H groups in total. The summed E-state index contributed by atoms with van der Waals surface area (Å²) in [4.78, 5) is 15.2. The molecule has 0 spiro atoms. The molecule has 134 valence electrons. The van der Waals surface area contributed by atoms with Crippen LogP contribution in [0.15, 0.2) is 40.6 Å². The zero-order valence-electron chi connectivity index (χ0n) is 13.8. The van der Waals surface area contributed by atoms with E-state index in [4.69, 9.17) is 11.6 Å². The maximum absolute atomic E-state index is 12.7. The van der Waals surface area contributed by atoms with Crippen LogP contribution in [0.4, 0.5) is 0 Å². The second kappa shape index (κ2) is 7.45. The Hall–Kier alpha value is -1.41. The molecule has 0 unspecified atom stereocenters. The summed E-state index contributed by atoms with van der Waals surface area (Å²) in [5.41, 5.74) is 0.562. The van der Waals surface area contributed by atoms with E-state index in [-0.39, 0.29) is 5.91 Å². The van der Waals surface area contributed by atoms with E-state index < -0.39 is 10.0 Å². The monoisotopic (exact) mass is 398 g/mol. The van der Waals surface area contributed by atoms with Crippen LogP contribution in [0, 0.1) is 0 Å². The number of aryl methyl sites for hydroxylation is 1. The van der Waals surface area contributed by atoms with E-state index in [0.717, 1.165) is 11.3 Å². The van der Waals surface area contributed by atoms with Crippen LogP contribution in [0.5, 0.6) is 0 Å². The van der Waals surface area contributed by atoms with Crippen LogP contribution in [0.2, 0.25) is 5.02 Å². The highest BCUT2D eigenvalue weighted by Crippen LogP contribution is 2.26. The van der Waals surface area contributed by atoms with Crippen LogP contribution in [0.25, 0.3) is 0 Å². The number of piperazine rings is 1. The van der Waals surface area contributed by atoms with Crippen molar-refractivity contribution in [1.82, 2.24) is 9.21 Å². The minimum atomic E-state index is -3.47. The number of carbonyl (C=O) groups excluding carboxylic acids is 1. The van der Waals surface area contributed by atoms with Crippen LogP contribution in [0.1, 0.15) is 22.2 Å². The van der Waals surface area contributed by atoms with E-state index in [0.29, 0.717) is 41.0 Å². The summed E-state index contributed by atoms with van der Waals surface area (Å²) in [6.07, 6.45) is 0.823. The van der Waals surface area contributed by atoms with Crippen molar-refractivity contribution in [3.05, 3.63) is 51.9 Å². The van der Waals surface area contributed by atoms with Gasteiger partial charge in [0.15, 0.2) is 0 Å². The van der Waals surface area contributed by atoms with Crippen LogP contribution in [-0.4, -0.2) is 49.7 Å². The lowest BCUT2D eigenvalue weighted by Crippen LogP contribution is -2.50. The van der Waals surface area contributed by atoms with Crippen LogP contribution < -0.4 is 0 Å². The van der Waals surface area contributed by atoms with Gasteiger partial charge in [-0.15, -0.1) is 11.3 Å². The van der Waals surface area contributed by atoms with Gasteiger partial charge in [-0.3, -0.25) is 4.79 Å². The van der Waals surface area contributed by atoms with Gasteiger partial charge in [0.05, 0.1) is 0 Å². The predicted molar refractivity (Wildman–Crippen MR) is 99.8 cm³/mol. The zero-order chi connectivity index (χ0) is 18.0. The summed E-state index contributed by atoms with van der Waals surface area (Å²) in [5.74, 6) is -0.0990. The number of amides is 1. The molecule has 0 atom stereocenters. The second-order valence-electron chi connectivity index (χ2n) is 5.78. The number of benzene rings is 1. The minimum absolute atomic E-state index is 0.0990. The first-order valence-electron chi connectivity index (χ1n) is 8.05. The van der Waals surface area contributed by atoms with Crippen LogP contribution in [-0.2, 0) is 16.4 Å². The van der Waals surface area contributed by atoms with Crippen molar-refractivity contribution < 1.29 is 13.2 Å². The molecule has 1 fully saturated rings. The molecule has 8 heteroatoms. The van der Waals surface area contributed by atoms with E-state index >= 15 is 0 Å². The molecule has 0 radical (unpaired) electrons. The van der Waals surface area contributed by atoms with Gasteiger partial charge in [-0.2, -0.15) is 4.31 Å². The molecule has 2 aromatic rings. The third-order valence-corrected chi connectivity index (χ3v) is 8.04. The van der Waals surface area contributed by atoms with Gasteiger partial charge < -0.3 is 4.90 Å². The first kappa shape index (κ1) is 18.4. The number of hydrogen-bond donors (Lipinski definition) is 0. The third kappa shape index (κ3) is 3.89. The number of sulfonamides is 1. The Kier molecular flexibility index (Phi) is 5.48. The van der Waals surface area contributed by atoms with Crippen molar-refractivity contribution in [3.63, 3.8) is 0 Å². The Labute approximate surface area is 156 Å². The Morgan fingerprint density at radius 1 is 1.08 bits per heavy atom. The lowest BCUT2D eigenvalue weighted by atomic mass is 10.2. The van der Waals surface area contributed by atoms with Gasteiger partial charge in [0, 0.05) is 41.6 Å². The molecular weight excluding hydrogens is 380 g/mol. The zero-order valence-corrected chi connectivity index (χ0v) is 16.2. The fourth-order valence-electron chi connectivity index (χ4n) is 2.72. The first-order chi connectivity index (χ1) is 11.9. The maximum atomic E-state index is 12.7. The van der Waals surface area contributed by atoms with Gasteiger partial charge >= 0.3 is 0 Å². The minimum Gasteiger partial charge on any atom is -0.336 e. The Morgan fingerprint density at radius 3 is 2.28 bits per heavy atom. The normalized spacial score (nSPS) is 16.2. The van der Waals surface area contributed by atoms with E-state index in [2.05, 4.69) is 0 Å². The SMILES string of the molecule is CCc1ccc(S(=O)(=O)N2CCN(C(=O)c3ccc(Cl)cc3)CC2)s1. The van der Waals surface area contributed by atoms with Gasteiger partial charge in [0.25, 0.3) is 15.9 Å². The van der Waals surface area contributed by atoms with Gasteiger partial charge in [-0.05, 0) is 42.8 Å². The molecule has 0 saturated carbocycles. The summed E-state index contributed by atoms with van der Waals surface area (Å²) < 4.78 is 27.3. The Morgan fingerprint density at radius 2 is 1.72 bits per heavy atom. The van der Waals surface area contributed by atoms with E-state index in [9.17, 15) is 13.2 Å². The number of nitrogens with zero attached hydrogens (tertiary/aromatic N) is 2. The number of thiophene rings is 1. The molecule has 1 aliphatic rings. The van der Waals surface area contributed by atoms with E-state index in [1.165, 1.54) is 15.6 Å². The van der Waals surface area contributed by atoms with Crippen molar-refractivity contribution in [2.45, 2.75) is 17.6 Å². The van der Waals surface area contributed by atoms with E-state index in [1.54, 1.807) is 35.2 Å². The number of halogens is 1. The summed E-state index contributed by atoms with van der Waals surface area (Å²) >= 11 is 7.16. The van der Waals surface area contributed by atoms with Gasteiger partial charge in [-0.1, -0.05) is 18.5 Å². The highest BCUT2D eigenvalue weighted by atomic mass is 35.5. The van der Waals surface area contributed by atoms with Crippen molar-refractivity contribution in [2.75, 3.05) is 26.2 Å². The fraction of sp³-hybridized carbons (Fsp3) is 0.353. The molecular formula is C17H19ClN2O3S2. The van der Waals surface area contributed by atoms with Crippen LogP contribution in [0.3, 0.4) is 0 Å². The number of hydrogen-bond acceptors (Lipinski definition) is 4. The molecule has 3 rings (SSSR count). The molecule has 25 heavy (non-hydrogen) atoms. The van der Waals surface area contributed by atoms with Crippen molar-refractivity contribution in [1.29, 1.82) is 0 Å². The van der Waals surface area contributed by atoms with Gasteiger partial charge in [0.2, 0.25) is 0 Å².